The summed E-state index contributed by atoms with van der Waals surface area (Å²) in [6.45, 7) is 3.75. The number of rotatable bonds is 4. The van der Waals surface area contributed by atoms with Gasteiger partial charge >= 0.3 is 0 Å². The second-order valence-electron chi connectivity index (χ2n) is 10.1. The quantitative estimate of drug-likeness (QED) is 0.307. The van der Waals surface area contributed by atoms with Crippen LogP contribution in [-0.4, -0.2) is 35.6 Å². The molecule has 2 amide bonds. The average Bonchev–Trinajstić information content (AvgIpc) is 3.20. The van der Waals surface area contributed by atoms with E-state index in [1.807, 2.05) is 6.08 Å². The lowest BCUT2D eigenvalue weighted by atomic mass is 9.59. The minimum atomic E-state index is -0.667. The number of hydrogen-bond acceptors (Lipinski definition) is 6. The second-order valence-corrected chi connectivity index (χ2v) is 11.0. The number of methoxy groups -OCH3 is 1. The van der Waals surface area contributed by atoms with Gasteiger partial charge in [0.2, 0.25) is 11.8 Å². The van der Waals surface area contributed by atoms with Crippen LogP contribution in [0.1, 0.15) is 29.9 Å². The van der Waals surface area contributed by atoms with E-state index in [4.69, 9.17) is 4.74 Å². The Hall–Kier alpha value is -4.04. The summed E-state index contributed by atoms with van der Waals surface area (Å²) in [4.78, 5) is 55.4. The first kappa shape index (κ1) is 25.2. The molecule has 6 rings (SSSR count). The van der Waals surface area contributed by atoms with Crippen LogP contribution in [0.25, 0.3) is 6.08 Å². The number of phenols is 1. The first-order valence-electron chi connectivity index (χ1n) is 12.6. The van der Waals surface area contributed by atoms with Gasteiger partial charge in [0.1, 0.15) is 0 Å². The number of benzene rings is 2. The van der Waals surface area contributed by atoms with Crippen LogP contribution < -0.4 is 9.64 Å². The Kier molecular flexibility index (Phi) is 6.03. The predicted octanol–water partition coefficient (Wildman–Crippen LogP) is 5.01. The molecule has 1 saturated heterocycles. The number of carbonyl (C=O) groups excluding carboxylic acids is 4. The molecular weight excluding hydrogens is 562 g/mol. The minimum Gasteiger partial charge on any atom is -0.504 e. The first-order valence-corrected chi connectivity index (χ1v) is 13.4. The summed E-state index contributed by atoms with van der Waals surface area (Å²) in [7, 11) is 1.44. The van der Waals surface area contributed by atoms with E-state index >= 15 is 0 Å². The van der Waals surface area contributed by atoms with E-state index in [2.05, 4.69) is 22.5 Å². The molecule has 7 nitrogen and oxygen atoms in total. The Morgan fingerprint density at radius 1 is 1.05 bits per heavy atom. The van der Waals surface area contributed by atoms with Gasteiger partial charge in [-0.05, 0) is 70.1 Å². The van der Waals surface area contributed by atoms with Crippen LogP contribution in [-0.2, 0) is 19.2 Å². The van der Waals surface area contributed by atoms with Gasteiger partial charge in [0.05, 0.1) is 29.1 Å². The molecular formula is C31H24BrNO6. The molecule has 4 aliphatic rings. The number of allylic oxidation sites excluding steroid dienone is 6. The number of ether oxygens (including phenoxy) is 1. The van der Waals surface area contributed by atoms with Gasteiger partial charge in [0, 0.05) is 23.1 Å². The molecule has 3 aliphatic carbocycles. The molecule has 39 heavy (non-hydrogen) atoms. The smallest absolute Gasteiger partial charge is 0.238 e. The molecule has 1 heterocycles. The highest BCUT2D eigenvalue weighted by Crippen LogP contribution is 2.56. The lowest BCUT2D eigenvalue weighted by Gasteiger charge is -2.42. The highest BCUT2D eigenvalue weighted by molar-refractivity contribution is 9.12. The van der Waals surface area contributed by atoms with Crippen molar-refractivity contribution in [1.29, 1.82) is 0 Å². The number of halogens is 1. The SMILES string of the molecule is C=Cc1ccc(N2C(=O)C3CC=C4C(c5ccc(O)c(OC)c5)C5=C(CC4C3C2=O)C(=O)C(Br)=CC5=O)cc1. The first-order chi connectivity index (χ1) is 18.7. The molecule has 0 radical (unpaired) electrons. The summed E-state index contributed by atoms with van der Waals surface area (Å²) >= 11 is 3.23. The van der Waals surface area contributed by atoms with Crippen LogP contribution in [0, 0.1) is 17.8 Å². The summed E-state index contributed by atoms with van der Waals surface area (Å²) in [5.74, 6) is -3.26. The number of aromatic hydroxyl groups is 1. The number of nitrogens with zero attached hydrogens (tertiary/aromatic N) is 1. The van der Waals surface area contributed by atoms with E-state index in [-0.39, 0.29) is 45.8 Å². The summed E-state index contributed by atoms with van der Waals surface area (Å²) in [6, 6.07) is 11.9. The molecule has 0 spiro atoms. The zero-order valence-corrected chi connectivity index (χ0v) is 22.6. The average molecular weight is 586 g/mol. The Labute approximate surface area is 233 Å². The molecule has 4 unspecified atom stereocenters. The van der Waals surface area contributed by atoms with E-state index in [1.54, 1.807) is 42.5 Å². The molecule has 0 saturated carbocycles. The fourth-order valence-electron chi connectivity index (χ4n) is 6.47. The fraction of sp³-hybridized carbons (Fsp3) is 0.226. The molecule has 196 valence electrons. The largest absolute Gasteiger partial charge is 0.504 e. The predicted molar refractivity (Wildman–Crippen MR) is 148 cm³/mol. The molecule has 0 bridgehead atoms. The van der Waals surface area contributed by atoms with Crippen molar-refractivity contribution in [3.05, 3.63) is 93.5 Å². The van der Waals surface area contributed by atoms with E-state index in [0.717, 1.165) is 11.1 Å². The minimum absolute atomic E-state index is 0.0520. The monoisotopic (exact) mass is 585 g/mol. The third-order valence-electron chi connectivity index (χ3n) is 8.26. The third kappa shape index (κ3) is 3.77. The Morgan fingerprint density at radius 3 is 2.49 bits per heavy atom. The topological polar surface area (TPSA) is 101 Å². The molecule has 4 atom stereocenters. The molecule has 0 aromatic heterocycles. The van der Waals surface area contributed by atoms with Crippen molar-refractivity contribution in [2.24, 2.45) is 17.8 Å². The number of fused-ring (bicyclic) bond motifs is 3. The maximum Gasteiger partial charge on any atom is 0.238 e. The number of ketones is 2. The van der Waals surface area contributed by atoms with E-state index in [0.29, 0.717) is 28.8 Å². The number of anilines is 1. The van der Waals surface area contributed by atoms with Crippen LogP contribution in [0.3, 0.4) is 0 Å². The highest BCUT2D eigenvalue weighted by atomic mass is 79.9. The number of imide groups is 1. The van der Waals surface area contributed by atoms with Crippen LogP contribution in [0.2, 0.25) is 0 Å². The number of Topliss-reactive ketones (excluding diaryl/α,β-unsaturated/α-hetero) is 1. The highest BCUT2D eigenvalue weighted by Gasteiger charge is 2.56. The Morgan fingerprint density at radius 2 is 1.79 bits per heavy atom. The summed E-state index contributed by atoms with van der Waals surface area (Å²) < 4.78 is 5.50. The summed E-state index contributed by atoms with van der Waals surface area (Å²) in [6.07, 6.45) is 5.47. The third-order valence-corrected chi connectivity index (χ3v) is 8.84. The Balaban J connectivity index is 1.48. The van der Waals surface area contributed by atoms with Crippen LogP contribution in [0.5, 0.6) is 11.5 Å². The van der Waals surface area contributed by atoms with Crippen molar-refractivity contribution in [3.8, 4) is 11.5 Å². The maximum absolute atomic E-state index is 13.9. The van der Waals surface area contributed by atoms with Crippen molar-refractivity contribution < 1.29 is 29.0 Å². The van der Waals surface area contributed by atoms with Gasteiger partial charge in [-0.25, -0.2) is 0 Å². The van der Waals surface area contributed by atoms with Gasteiger partial charge in [0.25, 0.3) is 0 Å². The summed E-state index contributed by atoms with van der Waals surface area (Å²) in [5, 5.41) is 10.2. The lowest BCUT2D eigenvalue weighted by molar-refractivity contribution is -0.123. The van der Waals surface area contributed by atoms with Crippen molar-refractivity contribution in [3.63, 3.8) is 0 Å². The van der Waals surface area contributed by atoms with E-state index in [9.17, 15) is 24.3 Å². The molecule has 8 heteroatoms. The number of hydrogen-bond donors (Lipinski definition) is 1. The number of amides is 2. The summed E-state index contributed by atoms with van der Waals surface area (Å²) in [5.41, 5.74) is 3.58. The van der Waals surface area contributed by atoms with Crippen LogP contribution in [0.4, 0.5) is 5.69 Å². The van der Waals surface area contributed by atoms with Crippen molar-refractivity contribution in [1.82, 2.24) is 0 Å². The molecule has 1 fully saturated rings. The van der Waals surface area contributed by atoms with Gasteiger partial charge < -0.3 is 9.84 Å². The number of carbonyl (C=O) groups is 4. The maximum atomic E-state index is 13.9. The van der Waals surface area contributed by atoms with Gasteiger partial charge in [-0.1, -0.05) is 42.5 Å². The van der Waals surface area contributed by atoms with Crippen molar-refractivity contribution in [2.75, 3.05) is 12.0 Å². The second kappa shape index (κ2) is 9.31. The number of phenolic OH excluding ortho intramolecular Hbond substituents is 1. The molecule has 2 aromatic rings. The Bertz CT molecular complexity index is 1580. The van der Waals surface area contributed by atoms with E-state index in [1.165, 1.54) is 24.2 Å². The zero-order chi connectivity index (χ0) is 27.6. The van der Waals surface area contributed by atoms with Gasteiger partial charge in [-0.2, -0.15) is 0 Å². The van der Waals surface area contributed by atoms with E-state index < -0.39 is 23.7 Å². The molecule has 1 N–H and O–H groups in total. The fourth-order valence-corrected chi connectivity index (χ4v) is 6.92. The van der Waals surface area contributed by atoms with Gasteiger partial charge in [-0.3, -0.25) is 24.1 Å². The van der Waals surface area contributed by atoms with Crippen LogP contribution >= 0.6 is 15.9 Å². The van der Waals surface area contributed by atoms with Gasteiger partial charge in [0.15, 0.2) is 23.1 Å². The van der Waals surface area contributed by atoms with Crippen LogP contribution in [0.15, 0.2) is 82.4 Å². The van der Waals surface area contributed by atoms with Crippen molar-refractivity contribution in [2.45, 2.75) is 18.8 Å². The normalized spacial score (nSPS) is 26.1. The molecule has 1 aliphatic heterocycles. The van der Waals surface area contributed by atoms with Crippen molar-refractivity contribution >= 4 is 51.1 Å². The standard InChI is InChI=1S/C31H24BrNO6/c1-3-15-4-7-17(8-5-15)33-30(37)19-10-9-18-20(27(19)31(33)38)13-21-28(24(35)14-22(32)29(21)36)26(18)16-6-11-23(34)25(12-16)39-2/h3-9,11-12,14,19-20,26-27,34H,1,10,13H2,2H3. The molecule has 2 aromatic carbocycles. The van der Waals surface area contributed by atoms with Gasteiger partial charge in [-0.15, -0.1) is 0 Å². The lowest BCUT2D eigenvalue weighted by Crippen LogP contribution is -2.39. The zero-order valence-electron chi connectivity index (χ0n) is 21.0.